The highest BCUT2D eigenvalue weighted by Gasteiger charge is 2.17. The first-order valence-corrected chi connectivity index (χ1v) is 7.23. The minimum atomic E-state index is -0.651. The fourth-order valence-electron chi connectivity index (χ4n) is 2.20. The smallest absolute Gasteiger partial charge is 0.239 e. The van der Waals surface area contributed by atoms with Gasteiger partial charge >= 0.3 is 0 Å². The third kappa shape index (κ3) is 6.57. The SMILES string of the molecule is CC(C)C(O)CC(=O)NCC(=O)NC1CCCCC1. The second-order valence-corrected chi connectivity index (χ2v) is 5.69. The second kappa shape index (κ2) is 8.15. The van der Waals surface area contributed by atoms with Crippen molar-refractivity contribution in [3.05, 3.63) is 0 Å². The molecule has 5 nitrogen and oxygen atoms in total. The van der Waals surface area contributed by atoms with Crippen LogP contribution in [0.25, 0.3) is 0 Å². The third-order valence-corrected chi connectivity index (χ3v) is 3.58. The topological polar surface area (TPSA) is 78.4 Å². The van der Waals surface area contributed by atoms with Crippen LogP contribution in [0.5, 0.6) is 0 Å². The van der Waals surface area contributed by atoms with Crippen LogP contribution in [0.15, 0.2) is 0 Å². The van der Waals surface area contributed by atoms with Crippen molar-refractivity contribution >= 4 is 11.8 Å². The quantitative estimate of drug-likeness (QED) is 0.672. The maximum absolute atomic E-state index is 11.6. The Labute approximate surface area is 115 Å². The average Bonchev–Trinajstić information content (AvgIpc) is 2.37. The zero-order valence-corrected chi connectivity index (χ0v) is 11.9. The normalized spacial score (nSPS) is 18.1. The lowest BCUT2D eigenvalue weighted by molar-refractivity contribution is -0.128. The molecule has 0 saturated heterocycles. The Bertz CT molecular complexity index is 299. The van der Waals surface area contributed by atoms with Crippen molar-refractivity contribution in [2.24, 2.45) is 5.92 Å². The number of carbonyl (C=O) groups is 2. The number of carbonyl (C=O) groups excluding carboxylic acids is 2. The molecule has 1 fully saturated rings. The van der Waals surface area contributed by atoms with Gasteiger partial charge in [-0.1, -0.05) is 33.1 Å². The highest BCUT2D eigenvalue weighted by Crippen LogP contribution is 2.17. The summed E-state index contributed by atoms with van der Waals surface area (Å²) in [5.74, 6) is -0.374. The van der Waals surface area contributed by atoms with Crippen LogP contribution in [0, 0.1) is 5.92 Å². The highest BCUT2D eigenvalue weighted by atomic mass is 16.3. The Kier molecular flexibility index (Phi) is 6.84. The molecule has 1 aliphatic carbocycles. The van der Waals surface area contributed by atoms with E-state index in [-0.39, 0.29) is 36.7 Å². The van der Waals surface area contributed by atoms with Gasteiger partial charge in [0.05, 0.1) is 19.1 Å². The zero-order chi connectivity index (χ0) is 14.3. The van der Waals surface area contributed by atoms with E-state index in [4.69, 9.17) is 0 Å². The molecule has 0 aliphatic heterocycles. The van der Waals surface area contributed by atoms with Crippen LogP contribution >= 0.6 is 0 Å². The molecule has 0 heterocycles. The molecule has 0 spiro atoms. The fourth-order valence-corrected chi connectivity index (χ4v) is 2.20. The summed E-state index contributed by atoms with van der Waals surface area (Å²) in [6, 6.07) is 0.263. The predicted octanol–water partition coefficient (Wildman–Crippen LogP) is 0.958. The largest absolute Gasteiger partial charge is 0.392 e. The van der Waals surface area contributed by atoms with Gasteiger partial charge in [0.2, 0.25) is 11.8 Å². The molecule has 110 valence electrons. The summed E-state index contributed by atoms with van der Waals surface area (Å²) in [6.45, 7) is 3.71. The summed E-state index contributed by atoms with van der Waals surface area (Å²) in [5, 5.41) is 15.0. The summed E-state index contributed by atoms with van der Waals surface area (Å²) in [7, 11) is 0. The first kappa shape index (κ1) is 16.0. The maximum atomic E-state index is 11.6. The van der Waals surface area contributed by atoms with E-state index in [1.807, 2.05) is 13.8 Å². The predicted molar refractivity (Wildman–Crippen MR) is 73.5 cm³/mol. The Balaban J connectivity index is 2.16. The summed E-state index contributed by atoms with van der Waals surface area (Å²) in [6.07, 6.45) is 5.04. The van der Waals surface area contributed by atoms with Crippen molar-refractivity contribution in [2.75, 3.05) is 6.54 Å². The molecular formula is C14H26N2O3. The lowest BCUT2D eigenvalue weighted by atomic mass is 9.95. The van der Waals surface area contributed by atoms with E-state index in [9.17, 15) is 14.7 Å². The Morgan fingerprint density at radius 3 is 2.37 bits per heavy atom. The molecule has 0 bridgehead atoms. The number of hydrogen-bond donors (Lipinski definition) is 3. The summed E-state index contributed by atoms with van der Waals surface area (Å²) in [5.41, 5.74) is 0. The summed E-state index contributed by atoms with van der Waals surface area (Å²) < 4.78 is 0. The molecule has 0 radical (unpaired) electrons. The van der Waals surface area contributed by atoms with Crippen LogP contribution < -0.4 is 10.6 Å². The van der Waals surface area contributed by atoms with Crippen molar-refractivity contribution < 1.29 is 14.7 Å². The molecule has 0 aromatic heterocycles. The first-order valence-electron chi connectivity index (χ1n) is 7.23. The molecule has 3 N–H and O–H groups in total. The number of amides is 2. The van der Waals surface area contributed by atoms with Crippen LogP contribution in [0.1, 0.15) is 52.4 Å². The lowest BCUT2D eigenvalue weighted by Crippen LogP contribution is -2.43. The molecule has 2 amide bonds. The van der Waals surface area contributed by atoms with E-state index in [1.165, 1.54) is 6.42 Å². The van der Waals surface area contributed by atoms with Gasteiger partial charge in [-0.2, -0.15) is 0 Å². The number of aliphatic hydroxyl groups excluding tert-OH is 1. The zero-order valence-electron chi connectivity index (χ0n) is 11.9. The van der Waals surface area contributed by atoms with Crippen molar-refractivity contribution in [1.29, 1.82) is 0 Å². The van der Waals surface area contributed by atoms with Gasteiger partial charge in [0, 0.05) is 6.04 Å². The van der Waals surface area contributed by atoms with E-state index in [0.717, 1.165) is 25.7 Å². The summed E-state index contributed by atoms with van der Waals surface area (Å²) in [4.78, 5) is 23.2. The van der Waals surface area contributed by atoms with Gasteiger partial charge in [-0.15, -0.1) is 0 Å². The number of nitrogens with one attached hydrogen (secondary N) is 2. The molecule has 1 unspecified atom stereocenters. The van der Waals surface area contributed by atoms with Gasteiger partial charge in [-0.05, 0) is 18.8 Å². The van der Waals surface area contributed by atoms with Crippen molar-refractivity contribution in [1.82, 2.24) is 10.6 Å². The van der Waals surface area contributed by atoms with Crippen LogP contribution in [-0.2, 0) is 9.59 Å². The Morgan fingerprint density at radius 1 is 1.16 bits per heavy atom. The Morgan fingerprint density at radius 2 is 1.79 bits per heavy atom. The third-order valence-electron chi connectivity index (χ3n) is 3.58. The van der Waals surface area contributed by atoms with Gasteiger partial charge in [0.1, 0.15) is 0 Å². The molecule has 5 heteroatoms. The highest BCUT2D eigenvalue weighted by molar-refractivity contribution is 5.84. The monoisotopic (exact) mass is 270 g/mol. The number of rotatable bonds is 6. The standard InChI is InChI=1S/C14H26N2O3/c1-10(2)12(17)8-13(18)15-9-14(19)16-11-6-4-3-5-7-11/h10-12,17H,3-9H2,1-2H3,(H,15,18)(H,16,19). The minimum Gasteiger partial charge on any atom is -0.392 e. The molecule has 19 heavy (non-hydrogen) atoms. The maximum Gasteiger partial charge on any atom is 0.239 e. The van der Waals surface area contributed by atoms with Gasteiger partial charge < -0.3 is 15.7 Å². The number of aliphatic hydroxyl groups is 1. The van der Waals surface area contributed by atoms with Gasteiger partial charge in [0.15, 0.2) is 0 Å². The first-order chi connectivity index (χ1) is 8.99. The Hall–Kier alpha value is -1.10. The van der Waals surface area contributed by atoms with Crippen LogP contribution in [0.2, 0.25) is 0 Å². The van der Waals surface area contributed by atoms with Gasteiger partial charge in [-0.25, -0.2) is 0 Å². The van der Waals surface area contributed by atoms with E-state index in [1.54, 1.807) is 0 Å². The fraction of sp³-hybridized carbons (Fsp3) is 0.857. The molecule has 1 aliphatic rings. The molecule has 1 atom stereocenters. The number of hydrogen-bond acceptors (Lipinski definition) is 3. The van der Waals surface area contributed by atoms with E-state index >= 15 is 0 Å². The van der Waals surface area contributed by atoms with Gasteiger partial charge in [0.25, 0.3) is 0 Å². The van der Waals surface area contributed by atoms with Crippen molar-refractivity contribution in [2.45, 2.75) is 64.5 Å². The molecule has 1 rings (SSSR count). The van der Waals surface area contributed by atoms with E-state index < -0.39 is 6.10 Å². The van der Waals surface area contributed by atoms with Crippen molar-refractivity contribution in [3.8, 4) is 0 Å². The molecule has 1 saturated carbocycles. The average molecular weight is 270 g/mol. The van der Waals surface area contributed by atoms with Crippen molar-refractivity contribution in [3.63, 3.8) is 0 Å². The summed E-state index contributed by atoms with van der Waals surface area (Å²) >= 11 is 0. The van der Waals surface area contributed by atoms with E-state index in [0.29, 0.717) is 0 Å². The lowest BCUT2D eigenvalue weighted by Gasteiger charge is -2.22. The molecule has 0 aromatic carbocycles. The van der Waals surface area contributed by atoms with Crippen LogP contribution in [0.3, 0.4) is 0 Å². The van der Waals surface area contributed by atoms with E-state index in [2.05, 4.69) is 10.6 Å². The minimum absolute atomic E-state index is 0.000147. The van der Waals surface area contributed by atoms with Crippen LogP contribution in [0.4, 0.5) is 0 Å². The second-order valence-electron chi connectivity index (χ2n) is 5.69. The van der Waals surface area contributed by atoms with Gasteiger partial charge in [-0.3, -0.25) is 9.59 Å². The molecule has 0 aromatic rings. The molecular weight excluding hydrogens is 244 g/mol. The van der Waals surface area contributed by atoms with Crippen LogP contribution in [-0.4, -0.2) is 35.6 Å².